The Morgan fingerprint density at radius 2 is 2.31 bits per heavy atom. The fourth-order valence-electron chi connectivity index (χ4n) is 1.28. The molecule has 0 saturated carbocycles. The van der Waals surface area contributed by atoms with Gasteiger partial charge in [-0.15, -0.1) is 0 Å². The summed E-state index contributed by atoms with van der Waals surface area (Å²) in [4.78, 5) is 3.92. The number of sulfonamides is 1. The highest BCUT2D eigenvalue weighted by molar-refractivity contribution is 7.89. The summed E-state index contributed by atoms with van der Waals surface area (Å²) in [7, 11) is -3.33. The predicted molar refractivity (Wildman–Crippen MR) is 61.3 cm³/mol. The monoisotopic (exact) mass is 244 g/mol. The summed E-state index contributed by atoms with van der Waals surface area (Å²) in [5, 5.41) is 8.58. The molecule has 90 valence electrons. The number of aliphatic hydroxyl groups is 1. The van der Waals surface area contributed by atoms with Crippen molar-refractivity contribution in [2.75, 3.05) is 12.4 Å². The summed E-state index contributed by atoms with van der Waals surface area (Å²) in [6.07, 6.45) is 3.50. The second-order valence-electron chi connectivity index (χ2n) is 3.52. The molecule has 0 amide bonds. The van der Waals surface area contributed by atoms with Crippen LogP contribution in [0.5, 0.6) is 0 Å². The van der Waals surface area contributed by atoms with Gasteiger partial charge in [-0.25, -0.2) is 13.1 Å². The minimum atomic E-state index is -3.33. The van der Waals surface area contributed by atoms with E-state index in [1.54, 1.807) is 25.4 Å². The highest BCUT2D eigenvalue weighted by Gasteiger charge is 2.15. The first kappa shape index (κ1) is 13.1. The van der Waals surface area contributed by atoms with Crippen LogP contribution >= 0.6 is 0 Å². The van der Waals surface area contributed by atoms with Crippen LogP contribution in [0.4, 0.5) is 0 Å². The fourth-order valence-corrected chi connectivity index (χ4v) is 2.58. The second kappa shape index (κ2) is 5.93. The van der Waals surface area contributed by atoms with Gasteiger partial charge in [-0.05, 0) is 25.0 Å². The minimum absolute atomic E-state index is 0.0614. The number of hydrogen-bond acceptors (Lipinski definition) is 4. The zero-order valence-electron chi connectivity index (χ0n) is 9.13. The molecular weight excluding hydrogens is 228 g/mol. The summed E-state index contributed by atoms with van der Waals surface area (Å²) in [6, 6.07) is 3.26. The number of hydrogen-bond donors (Lipinski definition) is 2. The Kier molecular flexibility index (Phi) is 4.85. The van der Waals surface area contributed by atoms with Crippen molar-refractivity contribution in [3.8, 4) is 0 Å². The highest BCUT2D eigenvalue weighted by Crippen LogP contribution is 2.11. The molecule has 0 radical (unpaired) electrons. The van der Waals surface area contributed by atoms with Crippen molar-refractivity contribution in [2.24, 2.45) is 0 Å². The lowest BCUT2D eigenvalue weighted by molar-refractivity contribution is 0.295. The highest BCUT2D eigenvalue weighted by atomic mass is 32.2. The molecule has 0 aliphatic carbocycles. The molecular formula is C10H16N2O3S. The van der Waals surface area contributed by atoms with E-state index in [2.05, 4.69) is 9.71 Å². The van der Waals surface area contributed by atoms with E-state index in [1.807, 2.05) is 6.07 Å². The third kappa shape index (κ3) is 4.26. The summed E-state index contributed by atoms with van der Waals surface area (Å²) in [5.74, 6) is -0.0614. The molecule has 0 aliphatic heterocycles. The van der Waals surface area contributed by atoms with Crippen LogP contribution in [0, 0.1) is 0 Å². The number of aliphatic hydroxyl groups excluding tert-OH is 1. The Labute approximate surface area is 95.6 Å². The maximum atomic E-state index is 11.5. The molecule has 5 nitrogen and oxygen atoms in total. The quantitative estimate of drug-likeness (QED) is 0.761. The van der Waals surface area contributed by atoms with Crippen LogP contribution in [0.15, 0.2) is 24.5 Å². The van der Waals surface area contributed by atoms with Gasteiger partial charge in [0, 0.05) is 25.0 Å². The lowest BCUT2D eigenvalue weighted by atomic mass is 10.2. The smallest absolute Gasteiger partial charge is 0.212 e. The van der Waals surface area contributed by atoms with E-state index in [1.165, 1.54) is 0 Å². The molecule has 1 aromatic heterocycles. The predicted octanol–water partition coefficient (Wildman–Crippen LogP) is 0.444. The largest absolute Gasteiger partial charge is 0.396 e. The van der Waals surface area contributed by atoms with Crippen molar-refractivity contribution in [3.05, 3.63) is 30.1 Å². The first-order chi connectivity index (χ1) is 7.55. The molecule has 0 saturated heterocycles. The zero-order valence-corrected chi connectivity index (χ0v) is 9.94. The van der Waals surface area contributed by atoms with Crippen LogP contribution in [0.2, 0.25) is 0 Å². The molecule has 2 N–H and O–H groups in total. The van der Waals surface area contributed by atoms with E-state index in [0.29, 0.717) is 0 Å². The van der Waals surface area contributed by atoms with Gasteiger partial charge in [0.05, 0.1) is 5.75 Å². The molecule has 6 heteroatoms. The van der Waals surface area contributed by atoms with Crippen molar-refractivity contribution in [1.82, 2.24) is 9.71 Å². The normalized spacial score (nSPS) is 13.6. The summed E-state index contributed by atoms with van der Waals surface area (Å²) in [5.41, 5.74) is 0.815. The summed E-state index contributed by atoms with van der Waals surface area (Å²) >= 11 is 0. The van der Waals surface area contributed by atoms with Gasteiger partial charge >= 0.3 is 0 Å². The van der Waals surface area contributed by atoms with Gasteiger partial charge in [-0.3, -0.25) is 4.98 Å². The maximum absolute atomic E-state index is 11.5. The van der Waals surface area contributed by atoms with Crippen LogP contribution in [0.25, 0.3) is 0 Å². The topological polar surface area (TPSA) is 79.3 Å². The Bertz CT molecular complexity index is 405. The number of pyridine rings is 1. The zero-order chi connectivity index (χ0) is 12.0. The van der Waals surface area contributed by atoms with Gasteiger partial charge < -0.3 is 5.11 Å². The Hall–Kier alpha value is -0.980. The number of aromatic nitrogens is 1. The standard InChI is InChI=1S/C10H16N2O3S/c1-9(10-4-2-5-11-8-10)12-16(14,15)7-3-6-13/h2,4-5,8-9,12-13H,3,6-7H2,1H3. The molecule has 0 fully saturated rings. The van der Waals surface area contributed by atoms with Crippen LogP contribution in [-0.4, -0.2) is 30.9 Å². The van der Waals surface area contributed by atoms with E-state index >= 15 is 0 Å². The Balaban J connectivity index is 2.61. The lowest BCUT2D eigenvalue weighted by Crippen LogP contribution is -2.29. The molecule has 0 spiro atoms. The average molecular weight is 244 g/mol. The van der Waals surface area contributed by atoms with Crippen LogP contribution < -0.4 is 4.72 Å². The van der Waals surface area contributed by atoms with Gasteiger partial charge in [-0.1, -0.05) is 6.07 Å². The molecule has 1 rings (SSSR count). The Morgan fingerprint density at radius 1 is 1.56 bits per heavy atom. The van der Waals surface area contributed by atoms with E-state index in [4.69, 9.17) is 5.11 Å². The van der Waals surface area contributed by atoms with Crippen LogP contribution in [0.1, 0.15) is 24.9 Å². The first-order valence-electron chi connectivity index (χ1n) is 5.06. The minimum Gasteiger partial charge on any atom is -0.396 e. The SMILES string of the molecule is CC(NS(=O)(=O)CCCO)c1cccnc1. The van der Waals surface area contributed by atoms with Crippen molar-refractivity contribution in [2.45, 2.75) is 19.4 Å². The van der Waals surface area contributed by atoms with E-state index in [9.17, 15) is 8.42 Å². The van der Waals surface area contributed by atoms with Gasteiger partial charge in [0.15, 0.2) is 0 Å². The second-order valence-corrected chi connectivity index (χ2v) is 5.40. The van der Waals surface area contributed by atoms with Crippen molar-refractivity contribution < 1.29 is 13.5 Å². The molecule has 1 aromatic rings. The molecule has 1 heterocycles. The molecule has 0 aliphatic rings. The fraction of sp³-hybridized carbons (Fsp3) is 0.500. The third-order valence-corrected chi connectivity index (χ3v) is 3.65. The lowest BCUT2D eigenvalue weighted by Gasteiger charge is -2.13. The molecule has 16 heavy (non-hydrogen) atoms. The van der Waals surface area contributed by atoms with Crippen molar-refractivity contribution in [1.29, 1.82) is 0 Å². The van der Waals surface area contributed by atoms with Gasteiger partial charge in [0.2, 0.25) is 10.0 Å². The van der Waals surface area contributed by atoms with Crippen molar-refractivity contribution >= 4 is 10.0 Å². The van der Waals surface area contributed by atoms with E-state index in [-0.39, 0.29) is 24.8 Å². The third-order valence-electron chi connectivity index (χ3n) is 2.11. The molecule has 1 atom stereocenters. The van der Waals surface area contributed by atoms with Crippen LogP contribution in [-0.2, 0) is 10.0 Å². The van der Waals surface area contributed by atoms with Crippen LogP contribution in [0.3, 0.4) is 0 Å². The maximum Gasteiger partial charge on any atom is 0.212 e. The first-order valence-corrected chi connectivity index (χ1v) is 6.71. The Morgan fingerprint density at radius 3 is 2.88 bits per heavy atom. The number of nitrogens with zero attached hydrogens (tertiary/aromatic N) is 1. The van der Waals surface area contributed by atoms with Crippen molar-refractivity contribution in [3.63, 3.8) is 0 Å². The van der Waals surface area contributed by atoms with Gasteiger partial charge in [0.1, 0.15) is 0 Å². The van der Waals surface area contributed by atoms with E-state index < -0.39 is 10.0 Å². The summed E-state index contributed by atoms with van der Waals surface area (Å²) < 4.78 is 25.6. The average Bonchev–Trinajstić information content (AvgIpc) is 2.27. The molecule has 0 bridgehead atoms. The number of nitrogens with one attached hydrogen (secondary N) is 1. The molecule has 0 aromatic carbocycles. The van der Waals surface area contributed by atoms with E-state index in [0.717, 1.165) is 5.56 Å². The van der Waals surface area contributed by atoms with Gasteiger partial charge in [0.25, 0.3) is 0 Å². The molecule has 1 unspecified atom stereocenters. The number of rotatable bonds is 6. The van der Waals surface area contributed by atoms with Gasteiger partial charge in [-0.2, -0.15) is 0 Å². The summed E-state index contributed by atoms with van der Waals surface area (Å²) in [6.45, 7) is 1.63.